The summed E-state index contributed by atoms with van der Waals surface area (Å²) in [5.74, 6) is -1.46. The van der Waals surface area contributed by atoms with E-state index in [2.05, 4.69) is 10.6 Å². The number of sulfone groups is 1. The summed E-state index contributed by atoms with van der Waals surface area (Å²) in [6.07, 6.45) is -5.01. The quantitative estimate of drug-likeness (QED) is 0.763. The molecule has 1 heterocycles. The van der Waals surface area contributed by atoms with E-state index >= 15 is 0 Å². The molecule has 1 aliphatic heterocycles. The molecule has 2 aromatic rings. The van der Waals surface area contributed by atoms with Crippen LogP contribution >= 0.6 is 0 Å². The molecule has 0 saturated heterocycles. The van der Waals surface area contributed by atoms with E-state index in [4.69, 9.17) is 4.74 Å². The molecule has 2 amide bonds. The number of benzene rings is 2. The van der Waals surface area contributed by atoms with E-state index in [9.17, 15) is 31.2 Å². The Labute approximate surface area is 163 Å². The molecule has 0 aromatic heterocycles. The Bertz CT molecular complexity index is 1070. The van der Waals surface area contributed by atoms with Crippen LogP contribution in [0.15, 0.2) is 47.4 Å². The highest BCUT2D eigenvalue weighted by Gasteiger charge is 2.30. The summed E-state index contributed by atoms with van der Waals surface area (Å²) in [6.45, 7) is -0.240. The van der Waals surface area contributed by atoms with Gasteiger partial charge in [-0.3, -0.25) is 9.59 Å². The highest BCUT2D eigenvalue weighted by atomic mass is 32.2. The second-order valence-corrected chi connectivity index (χ2v) is 8.30. The fourth-order valence-electron chi connectivity index (χ4n) is 2.59. The lowest BCUT2D eigenvalue weighted by Gasteiger charge is -2.18. The van der Waals surface area contributed by atoms with E-state index in [0.29, 0.717) is 5.69 Å². The van der Waals surface area contributed by atoms with Crippen molar-refractivity contribution >= 4 is 33.0 Å². The van der Waals surface area contributed by atoms with Gasteiger partial charge in [0.2, 0.25) is 5.91 Å². The van der Waals surface area contributed by atoms with Crippen molar-refractivity contribution in [1.82, 2.24) is 0 Å². The molecule has 1 aliphatic rings. The summed E-state index contributed by atoms with van der Waals surface area (Å²) < 4.78 is 68.2. The molecule has 0 fully saturated rings. The van der Waals surface area contributed by atoms with Crippen molar-refractivity contribution < 1.29 is 35.9 Å². The summed E-state index contributed by atoms with van der Waals surface area (Å²) in [7, 11) is -3.86. The molecule has 3 rings (SSSR count). The van der Waals surface area contributed by atoms with Crippen LogP contribution in [0, 0.1) is 0 Å². The third kappa shape index (κ3) is 5.05. The van der Waals surface area contributed by atoms with Crippen molar-refractivity contribution in [2.45, 2.75) is 17.5 Å². The molecular weight excluding hydrogens is 413 g/mol. The molecule has 0 aliphatic carbocycles. The maximum atomic E-state index is 12.7. The third-order valence-electron chi connectivity index (χ3n) is 4.02. The van der Waals surface area contributed by atoms with Gasteiger partial charge in [-0.15, -0.1) is 0 Å². The number of anilines is 2. The van der Waals surface area contributed by atoms with Crippen molar-refractivity contribution in [3.63, 3.8) is 0 Å². The van der Waals surface area contributed by atoms with Crippen molar-refractivity contribution in [1.29, 1.82) is 0 Å². The molecule has 7 nitrogen and oxygen atoms in total. The Morgan fingerprint density at radius 1 is 1.17 bits per heavy atom. The number of ether oxygens (including phenoxy) is 1. The zero-order chi connectivity index (χ0) is 21.2. The normalized spacial score (nSPS) is 13.8. The van der Waals surface area contributed by atoms with E-state index in [1.54, 1.807) is 0 Å². The number of alkyl halides is 3. The zero-order valence-electron chi connectivity index (χ0n) is 14.7. The largest absolute Gasteiger partial charge is 0.482 e. The van der Waals surface area contributed by atoms with E-state index in [1.165, 1.54) is 24.3 Å². The van der Waals surface area contributed by atoms with Gasteiger partial charge in [0.05, 0.1) is 21.9 Å². The molecule has 0 atom stereocenters. The molecule has 154 valence electrons. The van der Waals surface area contributed by atoms with Gasteiger partial charge in [-0.05, 0) is 30.3 Å². The Kier molecular flexibility index (Phi) is 5.51. The average molecular weight is 428 g/mol. The first kappa shape index (κ1) is 20.6. The molecule has 2 aromatic carbocycles. The van der Waals surface area contributed by atoms with Crippen LogP contribution in [-0.4, -0.2) is 32.6 Å². The smallest absolute Gasteiger partial charge is 0.416 e. The van der Waals surface area contributed by atoms with Crippen molar-refractivity contribution in [3.05, 3.63) is 48.0 Å². The molecule has 0 saturated carbocycles. The van der Waals surface area contributed by atoms with Crippen molar-refractivity contribution in [2.75, 3.05) is 23.0 Å². The number of hydrogen-bond donors (Lipinski definition) is 2. The minimum absolute atomic E-state index is 0.0832. The van der Waals surface area contributed by atoms with E-state index in [1.807, 2.05) is 0 Å². The van der Waals surface area contributed by atoms with Crippen LogP contribution in [0.3, 0.4) is 0 Å². The number of carbonyl (C=O) groups is 2. The van der Waals surface area contributed by atoms with Gasteiger partial charge in [-0.25, -0.2) is 8.42 Å². The molecular formula is C18H15F3N2O5S. The lowest BCUT2D eigenvalue weighted by molar-refractivity contribution is -0.137. The van der Waals surface area contributed by atoms with Gasteiger partial charge in [0, 0.05) is 18.2 Å². The first-order chi connectivity index (χ1) is 13.5. The lowest BCUT2D eigenvalue weighted by Crippen LogP contribution is -2.25. The lowest BCUT2D eigenvalue weighted by atomic mass is 10.2. The topological polar surface area (TPSA) is 102 Å². The first-order valence-corrected chi connectivity index (χ1v) is 9.96. The maximum Gasteiger partial charge on any atom is 0.416 e. The second kappa shape index (κ2) is 7.74. The average Bonchev–Trinajstić information content (AvgIpc) is 2.65. The molecule has 29 heavy (non-hydrogen) atoms. The Morgan fingerprint density at radius 2 is 1.93 bits per heavy atom. The van der Waals surface area contributed by atoms with Gasteiger partial charge in [-0.1, -0.05) is 6.07 Å². The minimum atomic E-state index is -4.56. The summed E-state index contributed by atoms with van der Waals surface area (Å²) >= 11 is 0. The highest BCUT2D eigenvalue weighted by molar-refractivity contribution is 7.91. The van der Waals surface area contributed by atoms with Crippen LogP contribution in [0.25, 0.3) is 0 Å². The van der Waals surface area contributed by atoms with Crippen LogP contribution in [0.1, 0.15) is 12.0 Å². The number of nitrogens with one attached hydrogen (secondary N) is 2. The fraction of sp³-hybridized carbons (Fsp3) is 0.222. The number of rotatable bonds is 5. The Balaban J connectivity index is 1.65. The number of halogens is 3. The van der Waals surface area contributed by atoms with Gasteiger partial charge < -0.3 is 15.4 Å². The molecule has 0 bridgehead atoms. The van der Waals surface area contributed by atoms with Crippen molar-refractivity contribution in [3.8, 4) is 5.75 Å². The SMILES string of the molecule is O=C(CCS(=O)(=O)c1ccc2c(c1)OCC(=O)N2)Nc1cccc(C(F)(F)F)c1. The maximum absolute atomic E-state index is 12.7. The molecule has 0 spiro atoms. The number of hydrogen-bond acceptors (Lipinski definition) is 5. The van der Waals surface area contributed by atoms with Gasteiger partial charge in [0.15, 0.2) is 16.4 Å². The van der Waals surface area contributed by atoms with Gasteiger partial charge in [0.1, 0.15) is 5.75 Å². The number of amides is 2. The van der Waals surface area contributed by atoms with Crippen molar-refractivity contribution in [2.24, 2.45) is 0 Å². The number of carbonyl (C=O) groups excluding carboxylic acids is 2. The fourth-order valence-corrected chi connectivity index (χ4v) is 3.84. The summed E-state index contributed by atoms with van der Waals surface area (Å²) in [5.41, 5.74) is -0.674. The molecule has 2 N–H and O–H groups in total. The summed E-state index contributed by atoms with van der Waals surface area (Å²) in [5, 5.41) is 4.79. The minimum Gasteiger partial charge on any atom is -0.482 e. The van der Waals surface area contributed by atoms with Gasteiger partial charge in [0.25, 0.3) is 5.91 Å². The summed E-state index contributed by atoms with van der Waals surface area (Å²) in [4.78, 5) is 23.1. The predicted octanol–water partition coefficient (Wildman–Crippen LogP) is 2.84. The summed E-state index contributed by atoms with van der Waals surface area (Å²) in [6, 6.07) is 7.94. The van der Waals surface area contributed by atoms with Crippen LogP contribution in [0.4, 0.5) is 24.5 Å². The molecule has 0 radical (unpaired) electrons. The highest BCUT2D eigenvalue weighted by Crippen LogP contribution is 2.32. The van der Waals surface area contributed by atoms with Crippen LogP contribution in [0.2, 0.25) is 0 Å². The monoisotopic (exact) mass is 428 g/mol. The van der Waals surface area contributed by atoms with Crippen LogP contribution < -0.4 is 15.4 Å². The second-order valence-electron chi connectivity index (χ2n) is 6.19. The molecule has 0 unspecified atom stereocenters. The van der Waals surface area contributed by atoms with Crippen LogP contribution in [0.5, 0.6) is 5.75 Å². The van der Waals surface area contributed by atoms with Gasteiger partial charge >= 0.3 is 6.18 Å². The van der Waals surface area contributed by atoms with Gasteiger partial charge in [-0.2, -0.15) is 13.2 Å². The standard InChI is InChI=1S/C18H15F3N2O5S/c19-18(20,21)11-2-1-3-12(8-11)22-16(24)6-7-29(26,27)13-4-5-14-15(9-13)28-10-17(25)23-14/h1-5,8-9H,6-7,10H2,(H,22,24)(H,23,25). The first-order valence-electron chi connectivity index (χ1n) is 8.31. The van der Waals surface area contributed by atoms with E-state index < -0.39 is 39.7 Å². The number of fused-ring (bicyclic) bond motifs is 1. The Hall–Kier alpha value is -3.08. The third-order valence-corrected chi connectivity index (χ3v) is 5.73. The Morgan fingerprint density at radius 3 is 2.66 bits per heavy atom. The zero-order valence-corrected chi connectivity index (χ0v) is 15.6. The molecule has 11 heteroatoms. The van der Waals surface area contributed by atoms with Crippen LogP contribution in [-0.2, 0) is 25.6 Å². The van der Waals surface area contributed by atoms with E-state index in [-0.39, 0.29) is 28.8 Å². The predicted molar refractivity (Wildman–Crippen MR) is 97.3 cm³/mol. The van der Waals surface area contributed by atoms with E-state index in [0.717, 1.165) is 18.2 Å².